The predicted octanol–water partition coefficient (Wildman–Crippen LogP) is 0.802. The molecule has 12 heavy (non-hydrogen) atoms. The number of rotatable bonds is 4. The average molecular weight is 189 g/mol. The van der Waals surface area contributed by atoms with Crippen LogP contribution in [0.1, 0.15) is 12.8 Å². The molecule has 0 bridgehead atoms. The fourth-order valence-corrected chi connectivity index (χ4v) is 1.66. The highest BCUT2D eigenvalue weighted by Gasteiger charge is 2.16. The molecule has 0 heterocycles. The highest BCUT2D eigenvalue weighted by Crippen LogP contribution is 1.96. The summed E-state index contributed by atoms with van der Waals surface area (Å²) in [6.07, 6.45) is -0.00405. The maximum atomic E-state index is 11.0. The lowest BCUT2D eigenvalue weighted by atomic mass is 10.3. The Kier molecular flexibility index (Phi) is 3.95. The topological polar surface area (TPSA) is 66.4 Å². The molecule has 70 valence electrons. The normalized spacial score (nSPS) is 10.9. The van der Waals surface area contributed by atoms with E-state index in [4.69, 9.17) is 5.11 Å². The second-order valence-corrected chi connectivity index (χ2v) is 8.44. The first kappa shape index (κ1) is 11.2. The monoisotopic (exact) mass is 189 g/mol. The second kappa shape index (κ2) is 4.25. The van der Waals surface area contributed by atoms with E-state index in [-0.39, 0.29) is 18.7 Å². The van der Waals surface area contributed by atoms with Gasteiger partial charge in [0.05, 0.1) is 6.42 Å². The Labute approximate surface area is 73.1 Å². The third-order valence-electron chi connectivity index (χ3n) is 1.08. The summed E-state index contributed by atoms with van der Waals surface area (Å²) in [5.41, 5.74) is 0. The van der Waals surface area contributed by atoms with Crippen LogP contribution in [-0.2, 0) is 9.59 Å². The SMILES string of the molecule is C[Si](C)(C)NC(=O)CCC(=O)O. The van der Waals surface area contributed by atoms with Crippen LogP contribution in [0, 0.1) is 0 Å². The average Bonchev–Trinajstić information content (AvgIpc) is 1.79. The van der Waals surface area contributed by atoms with Crippen molar-refractivity contribution in [3.8, 4) is 0 Å². The van der Waals surface area contributed by atoms with Crippen LogP contribution in [0.2, 0.25) is 19.6 Å². The van der Waals surface area contributed by atoms with E-state index < -0.39 is 14.2 Å². The molecule has 1 amide bonds. The van der Waals surface area contributed by atoms with Gasteiger partial charge in [0.1, 0.15) is 8.24 Å². The number of hydrogen-bond donors (Lipinski definition) is 2. The smallest absolute Gasteiger partial charge is 0.303 e. The summed E-state index contributed by atoms with van der Waals surface area (Å²) in [5.74, 6) is -1.09. The van der Waals surface area contributed by atoms with Crippen LogP contribution in [0.15, 0.2) is 0 Å². The molecule has 0 radical (unpaired) electrons. The number of carbonyl (C=O) groups excluding carboxylic acids is 1. The van der Waals surface area contributed by atoms with Gasteiger partial charge in [-0.3, -0.25) is 9.59 Å². The first-order valence-electron chi connectivity index (χ1n) is 3.84. The molecule has 0 rings (SSSR count). The van der Waals surface area contributed by atoms with Crippen molar-refractivity contribution in [2.24, 2.45) is 0 Å². The van der Waals surface area contributed by atoms with Crippen molar-refractivity contribution >= 4 is 20.1 Å². The first-order chi connectivity index (χ1) is 5.31. The van der Waals surface area contributed by atoms with Gasteiger partial charge in [-0.25, -0.2) is 0 Å². The molecule has 5 heteroatoms. The molecule has 2 N–H and O–H groups in total. The predicted molar refractivity (Wildman–Crippen MR) is 48.4 cm³/mol. The molecule has 0 aliphatic rings. The van der Waals surface area contributed by atoms with E-state index >= 15 is 0 Å². The lowest BCUT2D eigenvalue weighted by Gasteiger charge is -2.17. The molecule has 0 spiro atoms. The van der Waals surface area contributed by atoms with Crippen molar-refractivity contribution in [2.45, 2.75) is 32.5 Å². The Balaban J connectivity index is 3.68. The summed E-state index contributed by atoms with van der Waals surface area (Å²) in [6, 6.07) is 0. The molecule has 0 unspecified atom stereocenters. The fourth-order valence-electron chi connectivity index (χ4n) is 0.701. The van der Waals surface area contributed by atoms with Gasteiger partial charge >= 0.3 is 5.97 Å². The molecule has 0 saturated heterocycles. The summed E-state index contributed by atoms with van der Waals surface area (Å²) in [7, 11) is -1.58. The lowest BCUT2D eigenvalue weighted by Crippen LogP contribution is -2.45. The first-order valence-corrected chi connectivity index (χ1v) is 7.34. The minimum absolute atomic E-state index is 0.0829. The van der Waals surface area contributed by atoms with Gasteiger partial charge in [0.15, 0.2) is 0 Å². The van der Waals surface area contributed by atoms with Crippen molar-refractivity contribution < 1.29 is 14.7 Å². The number of nitrogens with one attached hydrogen (secondary N) is 1. The molecule has 0 atom stereocenters. The standard InChI is InChI=1S/C7H15NO3Si/c1-12(2,3)8-6(9)4-5-7(10)11/h4-5H2,1-3H3,(H,8,9)(H,10,11). The maximum absolute atomic E-state index is 11.0. The molecule has 0 aromatic rings. The van der Waals surface area contributed by atoms with Crippen LogP contribution in [0.25, 0.3) is 0 Å². The van der Waals surface area contributed by atoms with Crippen molar-refractivity contribution in [3.05, 3.63) is 0 Å². The zero-order valence-corrected chi connectivity index (χ0v) is 8.68. The van der Waals surface area contributed by atoms with Crippen LogP contribution in [-0.4, -0.2) is 25.2 Å². The minimum Gasteiger partial charge on any atom is -0.481 e. The maximum Gasteiger partial charge on any atom is 0.303 e. The Hall–Kier alpha value is -0.843. The van der Waals surface area contributed by atoms with Crippen molar-refractivity contribution in [1.82, 2.24) is 4.98 Å². The Morgan fingerprint density at radius 3 is 2.08 bits per heavy atom. The summed E-state index contributed by atoms with van der Waals surface area (Å²) < 4.78 is 0. The number of carboxylic acid groups (broad SMARTS) is 1. The van der Waals surface area contributed by atoms with Gasteiger partial charge in [0.2, 0.25) is 5.91 Å². The van der Waals surface area contributed by atoms with E-state index in [1.165, 1.54) is 0 Å². The van der Waals surface area contributed by atoms with E-state index in [0.717, 1.165) is 0 Å². The van der Waals surface area contributed by atoms with Crippen LogP contribution in [0.3, 0.4) is 0 Å². The molecule has 0 aromatic heterocycles. The van der Waals surface area contributed by atoms with Crippen LogP contribution in [0.4, 0.5) is 0 Å². The third-order valence-corrected chi connectivity index (χ3v) is 2.11. The van der Waals surface area contributed by atoms with Crippen LogP contribution >= 0.6 is 0 Å². The van der Waals surface area contributed by atoms with E-state index in [0.29, 0.717) is 0 Å². The molecule has 0 saturated carbocycles. The summed E-state index contributed by atoms with van der Waals surface area (Å²) in [6.45, 7) is 5.98. The number of carbonyl (C=O) groups is 2. The Morgan fingerprint density at radius 2 is 1.75 bits per heavy atom. The van der Waals surface area contributed by atoms with E-state index in [9.17, 15) is 9.59 Å². The lowest BCUT2D eigenvalue weighted by molar-refractivity contribution is -0.138. The van der Waals surface area contributed by atoms with Crippen LogP contribution < -0.4 is 4.98 Å². The number of amides is 1. The van der Waals surface area contributed by atoms with Gasteiger partial charge in [0.25, 0.3) is 0 Å². The molecule has 0 aliphatic heterocycles. The Bertz CT molecular complexity index is 186. The van der Waals surface area contributed by atoms with Gasteiger partial charge in [-0.2, -0.15) is 0 Å². The molecular weight excluding hydrogens is 174 g/mol. The van der Waals surface area contributed by atoms with E-state index in [2.05, 4.69) is 4.98 Å². The molecule has 0 fully saturated rings. The highest BCUT2D eigenvalue weighted by atomic mass is 28.3. The van der Waals surface area contributed by atoms with Crippen molar-refractivity contribution in [1.29, 1.82) is 0 Å². The number of carboxylic acids is 1. The van der Waals surface area contributed by atoms with Crippen LogP contribution in [0.5, 0.6) is 0 Å². The quantitative estimate of drug-likeness (QED) is 0.643. The van der Waals surface area contributed by atoms with Gasteiger partial charge < -0.3 is 10.1 Å². The number of aliphatic carboxylic acids is 1. The minimum atomic E-state index is -1.58. The fraction of sp³-hybridized carbons (Fsp3) is 0.714. The molecule has 4 nitrogen and oxygen atoms in total. The zero-order valence-electron chi connectivity index (χ0n) is 7.68. The van der Waals surface area contributed by atoms with Gasteiger partial charge in [-0.15, -0.1) is 0 Å². The Morgan fingerprint density at radius 1 is 1.25 bits per heavy atom. The number of hydrogen-bond acceptors (Lipinski definition) is 2. The van der Waals surface area contributed by atoms with Gasteiger partial charge in [-0.05, 0) is 0 Å². The summed E-state index contributed by atoms with van der Waals surface area (Å²) >= 11 is 0. The molecule has 0 aliphatic carbocycles. The van der Waals surface area contributed by atoms with Gasteiger partial charge in [0, 0.05) is 6.42 Å². The van der Waals surface area contributed by atoms with Crippen molar-refractivity contribution in [3.63, 3.8) is 0 Å². The molecular formula is C7H15NO3Si. The molecule has 0 aromatic carbocycles. The van der Waals surface area contributed by atoms with E-state index in [1.807, 2.05) is 19.6 Å². The van der Waals surface area contributed by atoms with Gasteiger partial charge in [-0.1, -0.05) is 19.6 Å². The van der Waals surface area contributed by atoms with E-state index in [1.54, 1.807) is 0 Å². The summed E-state index contributed by atoms with van der Waals surface area (Å²) in [5, 5.41) is 8.29. The highest BCUT2D eigenvalue weighted by molar-refractivity contribution is 6.75. The van der Waals surface area contributed by atoms with Crippen molar-refractivity contribution in [2.75, 3.05) is 0 Å². The zero-order chi connectivity index (χ0) is 9.78. The second-order valence-electron chi connectivity index (χ2n) is 3.69. The third kappa shape index (κ3) is 7.27. The summed E-state index contributed by atoms with van der Waals surface area (Å²) in [4.78, 5) is 23.9. The largest absolute Gasteiger partial charge is 0.481 e.